The van der Waals surface area contributed by atoms with Crippen molar-refractivity contribution in [2.45, 2.75) is 51.7 Å². The van der Waals surface area contributed by atoms with Gasteiger partial charge in [0.2, 0.25) is 0 Å². The van der Waals surface area contributed by atoms with Gasteiger partial charge in [-0.2, -0.15) is 5.10 Å². The molecule has 1 N–H and O–H groups in total. The summed E-state index contributed by atoms with van der Waals surface area (Å²) in [7, 11) is 1.93. The molecule has 3 aromatic carbocycles. The number of aromatic carboxylic acids is 1. The van der Waals surface area contributed by atoms with Crippen molar-refractivity contribution in [2.24, 2.45) is 7.05 Å². The predicted molar refractivity (Wildman–Crippen MR) is 188 cm³/mol. The maximum absolute atomic E-state index is 13.8. The molecule has 2 aromatic heterocycles. The number of carboxylic acid groups (broad SMARTS) is 1. The highest BCUT2D eigenvalue weighted by Crippen LogP contribution is 2.45. The minimum absolute atomic E-state index is 0.244. The zero-order valence-electron chi connectivity index (χ0n) is 28.0. The molecule has 7 rings (SSSR count). The first-order chi connectivity index (χ1) is 23.8. The van der Waals surface area contributed by atoms with Gasteiger partial charge in [0.05, 0.1) is 36.1 Å². The van der Waals surface area contributed by atoms with E-state index in [1.165, 1.54) is 12.1 Å². The Morgan fingerprint density at radius 1 is 1.06 bits per heavy atom. The number of benzene rings is 3. The van der Waals surface area contributed by atoms with E-state index in [9.17, 15) is 14.3 Å². The normalized spacial score (nSPS) is 17.3. The number of rotatable bonds is 9. The third-order valence-electron chi connectivity index (χ3n) is 9.93. The highest BCUT2D eigenvalue weighted by molar-refractivity contribution is 6.35. The standard InChI is InChI=1S/C38H42ClFN4O5/c1-24-33-34-30(39)13-12-29-28(8-6-20-48-31-9-5-7-25-23-26(40)10-11-27(25)31)37(38(45)46)44(36(29)34)15-3-4-19-49-32(35(33)41-42(24)2)14-16-43-17-21-47-22-18-43/h5,7,9-13,23,32H,3-4,6,8,14-22H2,1-2H3,(H,45,46). The van der Waals surface area contributed by atoms with Crippen molar-refractivity contribution < 1.29 is 28.5 Å². The van der Waals surface area contributed by atoms with Crippen LogP contribution in [0.4, 0.5) is 4.39 Å². The minimum Gasteiger partial charge on any atom is -0.493 e. The van der Waals surface area contributed by atoms with Crippen LogP contribution in [-0.4, -0.2) is 76.4 Å². The Labute approximate surface area is 290 Å². The molecule has 0 spiro atoms. The smallest absolute Gasteiger partial charge is 0.352 e. The van der Waals surface area contributed by atoms with Crippen molar-refractivity contribution in [3.8, 4) is 16.9 Å². The zero-order valence-corrected chi connectivity index (χ0v) is 28.8. The van der Waals surface area contributed by atoms with Crippen LogP contribution in [0.1, 0.15) is 59.2 Å². The summed E-state index contributed by atoms with van der Waals surface area (Å²) < 4.78 is 36.0. The first kappa shape index (κ1) is 33.5. The van der Waals surface area contributed by atoms with Crippen LogP contribution in [0.2, 0.25) is 5.02 Å². The molecule has 9 nitrogen and oxygen atoms in total. The summed E-state index contributed by atoms with van der Waals surface area (Å²) in [5.41, 5.74) is 5.36. The lowest BCUT2D eigenvalue weighted by molar-refractivity contribution is 0.00974. The Balaban J connectivity index is 1.26. The van der Waals surface area contributed by atoms with Crippen molar-refractivity contribution in [1.29, 1.82) is 0 Å². The fraction of sp³-hybridized carbons (Fsp3) is 0.421. The van der Waals surface area contributed by atoms with Crippen LogP contribution in [0.5, 0.6) is 5.75 Å². The fourth-order valence-corrected chi connectivity index (χ4v) is 7.67. The molecule has 0 saturated carbocycles. The summed E-state index contributed by atoms with van der Waals surface area (Å²) in [5, 5.41) is 18.7. The Bertz CT molecular complexity index is 2000. The highest BCUT2D eigenvalue weighted by Gasteiger charge is 2.31. The molecule has 4 heterocycles. The van der Waals surface area contributed by atoms with E-state index in [1.54, 1.807) is 6.07 Å². The van der Waals surface area contributed by atoms with E-state index in [0.717, 1.165) is 102 Å². The number of hydrogen-bond acceptors (Lipinski definition) is 6. The molecule has 1 fully saturated rings. The molecule has 258 valence electrons. The van der Waals surface area contributed by atoms with Gasteiger partial charge in [0, 0.05) is 67.4 Å². The lowest BCUT2D eigenvalue weighted by atomic mass is 9.95. The Hall–Kier alpha value is -3.96. The van der Waals surface area contributed by atoms with Crippen molar-refractivity contribution in [3.63, 3.8) is 0 Å². The van der Waals surface area contributed by atoms with Gasteiger partial charge in [-0.1, -0.05) is 29.8 Å². The first-order valence-corrected chi connectivity index (χ1v) is 17.5. The number of hydrogen-bond donors (Lipinski definition) is 1. The van der Waals surface area contributed by atoms with E-state index in [0.29, 0.717) is 43.4 Å². The molecule has 2 aliphatic heterocycles. The fourth-order valence-electron chi connectivity index (χ4n) is 7.42. The second kappa shape index (κ2) is 14.5. The molecular formula is C38H42ClFN4O5. The molecule has 2 aliphatic rings. The van der Waals surface area contributed by atoms with Gasteiger partial charge >= 0.3 is 5.97 Å². The van der Waals surface area contributed by atoms with E-state index >= 15 is 0 Å². The average Bonchev–Trinajstić information content (AvgIpc) is 3.56. The Morgan fingerprint density at radius 3 is 2.69 bits per heavy atom. The number of nitrogens with zero attached hydrogens (tertiary/aromatic N) is 4. The van der Waals surface area contributed by atoms with E-state index in [-0.39, 0.29) is 17.6 Å². The number of aryl methyl sites for hydroxylation is 3. The maximum Gasteiger partial charge on any atom is 0.352 e. The van der Waals surface area contributed by atoms with Crippen LogP contribution in [-0.2, 0) is 29.5 Å². The van der Waals surface area contributed by atoms with Crippen LogP contribution in [0.25, 0.3) is 32.8 Å². The predicted octanol–water partition coefficient (Wildman–Crippen LogP) is 7.58. The summed E-state index contributed by atoms with van der Waals surface area (Å²) in [6.07, 6.45) is 3.14. The van der Waals surface area contributed by atoms with Crippen molar-refractivity contribution in [2.75, 3.05) is 46.1 Å². The monoisotopic (exact) mass is 688 g/mol. The largest absolute Gasteiger partial charge is 0.493 e. The van der Waals surface area contributed by atoms with E-state index in [4.69, 9.17) is 30.9 Å². The lowest BCUT2D eigenvalue weighted by Gasteiger charge is -2.28. The molecule has 1 unspecified atom stereocenters. The summed E-state index contributed by atoms with van der Waals surface area (Å²) >= 11 is 7.11. The summed E-state index contributed by atoms with van der Waals surface area (Å²) in [6, 6.07) is 14.1. The molecule has 1 saturated heterocycles. The van der Waals surface area contributed by atoms with Gasteiger partial charge in [-0.3, -0.25) is 9.58 Å². The lowest BCUT2D eigenvalue weighted by Crippen LogP contribution is -2.37. The average molecular weight is 689 g/mol. The molecular weight excluding hydrogens is 647 g/mol. The van der Waals surface area contributed by atoms with Gasteiger partial charge in [-0.25, -0.2) is 9.18 Å². The molecule has 0 amide bonds. The molecule has 5 aromatic rings. The second-order valence-corrected chi connectivity index (χ2v) is 13.4. The van der Waals surface area contributed by atoms with Crippen molar-refractivity contribution in [3.05, 3.63) is 82.0 Å². The second-order valence-electron chi connectivity index (χ2n) is 13.0. The molecule has 0 aliphatic carbocycles. The Kier molecular flexibility index (Phi) is 9.91. The SMILES string of the molecule is Cc1c2c(nn1C)C(CCN1CCOCC1)OCCCCn1c(C(=O)O)c(CCCOc3cccc4cc(F)ccc34)c3ccc(Cl)c-2c31. The quantitative estimate of drug-likeness (QED) is 0.160. The summed E-state index contributed by atoms with van der Waals surface area (Å²) in [4.78, 5) is 15.5. The molecule has 49 heavy (non-hydrogen) atoms. The number of fused-ring (bicyclic) bond motifs is 3. The van der Waals surface area contributed by atoms with Crippen molar-refractivity contribution in [1.82, 2.24) is 19.2 Å². The summed E-state index contributed by atoms with van der Waals surface area (Å²) in [5.74, 6) is -0.591. The van der Waals surface area contributed by atoms with Crippen molar-refractivity contribution >= 4 is 39.2 Å². The molecule has 1 atom stereocenters. The molecule has 11 heteroatoms. The van der Waals surface area contributed by atoms with Gasteiger partial charge < -0.3 is 23.9 Å². The Morgan fingerprint density at radius 2 is 1.88 bits per heavy atom. The van der Waals surface area contributed by atoms with Crippen LogP contribution in [0.15, 0.2) is 48.5 Å². The number of morpholine rings is 1. The van der Waals surface area contributed by atoms with Crippen LogP contribution < -0.4 is 4.74 Å². The van der Waals surface area contributed by atoms with E-state index < -0.39 is 5.97 Å². The maximum atomic E-state index is 13.8. The number of ether oxygens (including phenoxy) is 3. The van der Waals surface area contributed by atoms with Gasteiger partial charge in [0.25, 0.3) is 0 Å². The number of aromatic nitrogens is 3. The van der Waals surface area contributed by atoms with Gasteiger partial charge in [-0.15, -0.1) is 0 Å². The van der Waals surface area contributed by atoms with Crippen LogP contribution >= 0.6 is 11.6 Å². The number of carboxylic acids is 1. The number of carbonyl (C=O) groups is 1. The molecule has 0 bridgehead atoms. The zero-order chi connectivity index (χ0) is 34.1. The van der Waals surface area contributed by atoms with Crippen LogP contribution in [0.3, 0.4) is 0 Å². The topological polar surface area (TPSA) is 91.0 Å². The van der Waals surface area contributed by atoms with E-state index in [2.05, 4.69) is 4.90 Å². The van der Waals surface area contributed by atoms with Gasteiger partial charge in [-0.05, 0) is 80.3 Å². The molecule has 0 radical (unpaired) electrons. The minimum atomic E-state index is -0.970. The van der Waals surface area contributed by atoms with Gasteiger partial charge in [0.1, 0.15) is 23.4 Å². The summed E-state index contributed by atoms with van der Waals surface area (Å²) in [6.45, 7) is 7.60. The van der Waals surface area contributed by atoms with E-state index in [1.807, 2.05) is 53.6 Å². The third kappa shape index (κ3) is 6.67. The van der Waals surface area contributed by atoms with Crippen LogP contribution in [0, 0.1) is 12.7 Å². The third-order valence-corrected chi connectivity index (χ3v) is 10.2. The first-order valence-electron chi connectivity index (χ1n) is 17.1. The number of halogens is 2. The highest BCUT2D eigenvalue weighted by atomic mass is 35.5. The van der Waals surface area contributed by atoms with Gasteiger partial charge in [0.15, 0.2) is 0 Å².